The second kappa shape index (κ2) is 7.40. The van der Waals surface area contributed by atoms with Crippen molar-refractivity contribution in [2.75, 3.05) is 18.1 Å². The van der Waals surface area contributed by atoms with Crippen LogP contribution in [0.4, 0.5) is 5.69 Å². The topological polar surface area (TPSA) is 75.7 Å². The van der Waals surface area contributed by atoms with E-state index in [-0.39, 0.29) is 23.8 Å². The Bertz CT molecular complexity index is 844. The number of fused-ring (bicyclic) bond motifs is 1. The molecular formula is C24H30N2O4. The Morgan fingerprint density at radius 3 is 2.40 bits per heavy atom. The predicted octanol–water partition coefficient (Wildman–Crippen LogP) is 2.84. The van der Waals surface area contributed by atoms with Crippen molar-refractivity contribution in [2.45, 2.75) is 57.9 Å². The van der Waals surface area contributed by atoms with Gasteiger partial charge in [0.25, 0.3) is 5.91 Å². The minimum Gasteiger partial charge on any atom is -0.454 e. The molecule has 0 saturated heterocycles. The Kier molecular flexibility index (Phi) is 4.83. The molecule has 1 atom stereocenters. The molecule has 0 radical (unpaired) electrons. The van der Waals surface area contributed by atoms with E-state index in [0.717, 1.165) is 36.9 Å². The number of hydrogen-bond acceptors (Lipinski definition) is 4. The molecule has 160 valence electrons. The van der Waals surface area contributed by atoms with E-state index in [0.29, 0.717) is 24.3 Å². The summed E-state index contributed by atoms with van der Waals surface area (Å²) in [6.07, 6.45) is 7.50. The number of rotatable bonds is 5. The van der Waals surface area contributed by atoms with E-state index in [1.165, 1.54) is 19.3 Å². The smallest absolute Gasteiger partial charge is 0.328 e. The Morgan fingerprint density at radius 2 is 1.73 bits per heavy atom. The highest BCUT2D eigenvalue weighted by molar-refractivity contribution is 5.97. The van der Waals surface area contributed by atoms with Gasteiger partial charge in [-0.2, -0.15) is 0 Å². The van der Waals surface area contributed by atoms with Gasteiger partial charge in [-0.05, 0) is 81.3 Å². The number of ether oxygens (including phenoxy) is 1. The predicted molar refractivity (Wildman–Crippen MR) is 112 cm³/mol. The van der Waals surface area contributed by atoms with Crippen molar-refractivity contribution >= 4 is 23.5 Å². The Labute approximate surface area is 177 Å². The van der Waals surface area contributed by atoms with Crippen LogP contribution in [0.2, 0.25) is 0 Å². The third-order valence-electron chi connectivity index (χ3n) is 7.75. The Hall–Kier alpha value is -2.37. The van der Waals surface area contributed by atoms with Crippen LogP contribution in [-0.4, -0.2) is 37.0 Å². The normalized spacial score (nSPS) is 31.9. The number of carbonyl (C=O) groups is 3. The summed E-state index contributed by atoms with van der Waals surface area (Å²) in [6, 6.07) is 7.04. The number of benzene rings is 1. The fourth-order valence-corrected chi connectivity index (χ4v) is 6.73. The number of esters is 1. The third-order valence-corrected chi connectivity index (χ3v) is 7.75. The Morgan fingerprint density at radius 1 is 1.10 bits per heavy atom. The zero-order chi connectivity index (χ0) is 20.9. The summed E-state index contributed by atoms with van der Waals surface area (Å²) in [5.41, 5.74) is 1.73. The molecule has 6 rings (SSSR count). The lowest BCUT2D eigenvalue weighted by Gasteiger charge is -2.55. The molecule has 0 aromatic heterocycles. The van der Waals surface area contributed by atoms with Crippen LogP contribution >= 0.6 is 0 Å². The second-order valence-electron chi connectivity index (χ2n) is 9.92. The molecule has 6 heteroatoms. The molecule has 0 unspecified atom stereocenters. The van der Waals surface area contributed by atoms with Gasteiger partial charge >= 0.3 is 5.97 Å². The number of hydrogen-bond donors (Lipinski definition) is 1. The molecule has 30 heavy (non-hydrogen) atoms. The second-order valence-corrected chi connectivity index (χ2v) is 9.92. The number of carbonyl (C=O) groups excluding carboxylic acids is 3. The lowest BCUT2D eigenvalue weighted by Crippen LogP contribution is -2.56. The molecule has 1 N–H and O–H groups in total. The highest BCUT2D eigenvalue weighted by Crippen LogP contribution is 2.60. The van der Waals surface area contributed by atoms with Gasteiger partial charge in [-0.25, -0.2) is 4.79 Å². The Balaban J connectivity index is 1.15. The fourth-order valence-electron chi connectivity index (χ4n) is 6.73. The highest BCUT2D eigenvalue weighted by Gasteiger charge is 2.54. The van der Waals surface area contributed by atoms with Crippen LogP contribution < -0.4 is 10.2 Å². The van der Waals surface area contributed by atoms with Crippen LogP contribution in [0.1, 0.15) is 51.0 Å². The molecule has 6 nitrogen and oxygen atoms in total. The van der Waals surface area contributed by atoms with Gasteiger partial charge in [0.05, 0.1) is 0 Å². The molecule has 1 heterocycles. The van der Waals surface area contributed by atoms with Crippen LogP contribution in [0.25, 0.3) is 0 Å². The van der Waals surface area contributed by atoms with Crippen LogP contribution in [0.15, 0.2) is 24.3 Å². The van der Waals surface area contributed by atoms with Gasteiger partial charge in [0.2, 0.25) is 5.91 Å². The molecule has 4 aliphatic carbocycles. The molecule has 1 aromatic carbocycles. The summed E-state index contributed by atoms with van der Waals surface area (Å²) in [6.45, 7) is 1.95. The van der Waals surface area contributed by atoms with E-state index in [4.69, 9.17) is 4.74 Å². The standard InChI is InChI=1S/C24H30N2O4/c1-15(25-23(29)24-11-16-8-17(12-24)10-18(9-16)13-24)22(28)30-14-21(27)26-7-6-19-4-2-3-5-20(19)26/h2-5,15-18H,6-14H2,1H3,(H,25,29)/t15-,16?,17?,18?,24?/m0/s1. The minimum atomic E-state index is -0.746. The van der Waals surface area contributed by atoms with E-state index in [9.17, 15) is 14.4 Å². The summed E-state index contributed by atoms with van der Waals surface area (Å²) in [7, 11) is 0. The van der Waals surface area contributed by atoms with Gasteiger partial charge in [-0.1, -0.05) is 18.2 Å². The van der Waals surface area contributed by atoms with Crippen molar-refractivity contribution in [3.63, 3.8) is 0 Å². The molecule has 4 bridgehead atoms. The van der Waals surface area contributed by atoms with Gasteiger partial charge in [0, 0.05) is 17.6 Å². The summed E-state index contributed by atoms with van der Waals surface area (Å²) in [4.78, 5) is 39.8. The quantitative estimate of drug-likeness (QED) is 0.758. The molecule has 4 saturated carbocycles. The third kappa shape index (κ3) is 3.40. The number of para-hydroxylation sites is 1. The average Bonchev–Trinajstić information content (AvgIpc) is 3.15. The maximum Gasteiger partial charge on any atom is 0.328 e. The van der Waals surface area contributed by atoms with Crippen LogP contribution in [0.3, 0.4) is 0 Å². The maximum atomic E-state index is 13.1. The number of nitrogens with zero attached hydrogens (tertiary/aromatic N) is 1. The first-order chi connectivity index (χ1) is 14.4. The van der Waals surface area contributed by atoms with Gasteiger partial charge in [-0.3, -0.25) is 9.59 Å². The fraction of sp³-hybridized carbons (Fsp3) is 0.625. The van der Waals surface area contributed by atoms with Crippen molar-refractivity contribution in [3.8, 4) is 0 Å². The monoisotopic (exact) mass is 410 g/mol. The largest absolute Gasteiger partial charge is 0.454 e. The minimum absolute atomic E-state index is 0.00541. The van der Waals surface area contributed by atoms with Crippen LogP contribution in [-0.2, 0) is 25.5 Å². The van der Waals surface area contributed by atoms with E-state index in [1.807, 2.05) is 24.3 Å². The first-order valence-electron chi connectivity index (χ1n) is 11.3. The van der Waals surface area contributed by atoms with Gasteiger partial charge < -0.3 is 15.0 Å². The molecule has 0 spiro atoms. The number of amides is 2. The summed E-state index contributed by atoms with van der Waals surface area (Å²) < 4.78 is 5.27. The lowest BCUT2D eigenvalue weighted by atomic mass is 9.49. The summed E-state index contributed by atoms with van der Waals surface area (Å²) in [5, 5.41) is 2.91. The van der Waals surface area contributed by atoms with E-state index < -0.39 is 12.0 Å². The van der Waals surface area contributed by atoms with Gasteiger partial charge in [-0.15, -0.1) is 0 Å². The SMILES string of the molecule is C[C@H](NC(=O)C12CC3CC(CC(C3)C1)C2)C(=O)OCC(=O)N1CCc2ccccc21. The summed E-state index contributed by atoms with van der Waals surface area (Å²) in [5.74, 6) is 1.24. The first kappa shape index (κ1) is 19.6. The average molecular weight is 411 g/mol. The highest BCUT2D eigenvalue weighted by atomic mass is 16.5. The summed E-state index contributed by atoms with van der Waals surface area (Å²) >= 11 is 0. The maximum absolute atomic E-state index is 13.1. The van der Waals surface area contributed by atoms with E-state index in [2.05, 4.69) is 5.32 Å². The van der Waals surface area contributed by atoms with E-state index in [1.54, 1.807) is 11.8 Å². The van der Waals surface area contributed by atoms with Gasteiger partial charge in [0.15, 0.2) is 6.61 Å². The molecule has 5 aliphatic rings. The van der Waals surface area contributed by atoms with E-state index >= 15 is 0 Å². The zero-order valence-electron chi connectivity index (χ0n) is 17.6. The van der Waals surface area contributed by atoms with Crippen molar-refractivity contribution in [3.05, 3.63) is 29.8 Å². The number of anilines is 1. The number of nitrogens with one attached hydrogen (secondary N) is 1. The molecule has 1 aliphatic heterocycles. The molecule has 4 fully saturated rings. The van der Waals surface area contributed by atoms with Crippen molar-refractivity contribution < 1.29 is 19.1 Å². The van der Waals surface area contributed by atoms with Crippen molar-refractivity contribution in [1.82, 2.24) is 5.32 Å². The van der Waals surface area contributed by atoms with Crippen LogP contribution in [0.5, 0.6) is 0 Å². The lowest BCUT2D eigenvalue weighted by molar-refractivity contribution is -0.155. The zero-order valence-corrected chi connectivity index (χ0v) is 17.6. The molecule has 2 amide bonds. The molecular weight excluding hydrogens is 380 g/mol. The van der Waals surface area contributed by atoms with Crippen LogP contribution in [0, 0.1) is 23.2 Å². The van der Waals surface area contributed by atoms with Gasteiger partial charge in [0.1, 0.15) is 6.04 Å². The van der Waals surface area contributed by atoms with Crippen molar-refractivity contribution in [2.24, 2.45) is 23.2 Å². The molecule has 1 aromatic rings. The first-order valence-corrected chi connectivity index (χ1v) is 11.3. The van der Waals surface area contributed by atoms with Crippen molar-refractivity contribution in [1.29, 1.82) is 0 Å².